The normalized spacial score (nSPS) is 19.5. The van der Waals surface area contributed by atoms with E-state index in [2.05, 4.69) is 4.74 Å². The number of hydrogen-bond acceptors (Lipinski definition) is 4. The van der Waals surface area contributed by atoms with Gasteiger partial charge < -0.3 is 19.5 Å². The molecular weight excluding hydrogens is 394 g/mol. The quantitative estimate of drug-likeness (QED) is 0.729. The van der Waals surface area contributed by atoms with Gasteiger partial charge in [0.2, 0.25) is 0 Å². The number of rotatable bonds is 6. The minimum atomic E-state index is -4.80. The van der Waals surface area contributed by atoms with Crippen LogP contribution < -0.4 is 9.47 Å². The number of benzene rings is 2. The highest BCUT2D eigenvalue weighted by Gasteiger charge is 2.41. The second kappa shape index (κ2) is 8.28. The Kier molecular flexibility index (Phi) is 5.97. The Bertz CT molecular complexity index is 870. The third kappa shape index (κ3) is 4.79. The molecule has 0 radical (unpaired) electrons. The summed E-state index contributed by atoms with van der Waals surface area (Å²) in [6.45, 7) is 2.01. The molecule has 1 aliphatic rings. The van der Waals surface area contributed by atoms with Gasteiger partial charge in [-0.05, 0) is 36.8 Å². The molecule has 29 heavy (non-hydrogen) atoms. The first-order valence-electron chi connectivity index (χ1n) is 8.94. The fraction of sp³-hybridized carbons (Fsp3) is 0.350. The molecule has 0 aromatic heterocycles. The Morgan fingerprint density at radius 3 is 2.48 bits per heavy atom. The summed E-state index contributed by atoms with van der Waals surface area (Å²) in [7, 11) is 0. The number of nitrogens with zero attached hydrogens (tertiary/aromatic N) is 1. The minimum absolute atomic E-state index is 0.0187. The lowest BCUT2D eigenvalue weighted by Gasteiger charge is -2.27. The van der Waals surface area contributed by atoms with E-state index in [1.165, 1.54) is 29.2 Å². The van der Waals surface area contributed by atoms with Gasteiger partial charge in [0.25, 0.3) is 5.91 Å². The van der Waals surface area contributed by atoms with E-state index >= 15 is 0 Å². The van der Waals surface area contributed by atoms with Gasteiger partial charge >= 0.3 is 6.36 Å². The number of ether oxygens (including phenoxy) is 2. The van der Waals surface area contributed by atoms with Gasteiger partial charge in [0.1, 0.15) is 23.4 Å². The maximum absolute atomic E-state index is 14.6. The van der Waals surface area contributed by atoms with Gasteiger partial charge in [0.15, 0.2) is 0 Å². The van der Waals surface area contributed by atoms with Crippen LogP contribution in [0.3, 0.4) is 0 Å². The molecule has 2 aromatic rings. The number of alkyl halides is 3. The van der Waals surface area contributed by atoms with E-state index in [-0.39, 0.29) is 24.3 Å². The molecule has 1 fully saturated rings. The summed E-state index contributed by atoms with van der Waals surface area (Å²) in [6.07, 6.45) is -6.13. The Morgan fingerprint density at radius 1 is 1.17 bits per heavy atom. The van der Waals surface area contributed by atoms with Crippen molar-refractivity contribution in [2.45, 2.75) is 38.4 Å². The summed E-state index contributed by atoms with van der Waals surface area (Å²) in [4.78, 5) is 13.8. The van der Waals surface area contributed by atoms with Crippen molar-refractivity contribution in [1.82, 2.24) is 4.90 Å². The van der Waals surface area contributed by atoms with E-state index in [4.69, 9.17) is 4.74 Å². The van der Waals surface area contributed by atoms with Gasteiger partial charge in [0.05, 0.1) is 18.2 Å². The van der Waals surface area contributed by atoms with Gasteiger partial charge in [0, 0.05) is 13.0 Å². The molecule has 2 atom stereocenters. The number of hydrogen-bond donors (Lipinski definition) is 1. The lowest BCUT2D eigenvalue weighted by atomic mass is 10.0. The van der Waals surface area contributed by atoms with Crippen molar-refractivity contribution in [3.63, 3.8) is 0 Å². The Morgan fingerprint density at radius 2 is 1.86 bits per heavy atom. The largest absolute Gasteiger partial charge is 0.573 e. The summed E-state index contributed by atoms with van der Waals surface area (Å²) >= 11 is 0. The van der Waals surface area contributed by atoms with Crippen molar-refractivity contribution in [1.29, 1.82) is 0 Å². The summed E-state index contributed by atoms with van der Waals surface area (Å²) in [6, 6.07) is 8.55. The maximum Gasteiger partial charge on any atom is 0.573 e. The van der Waals surface area contributed by atoms with Crippen LogP contribution in [-0.4, -0.2) is 35.0 Å². The molecule has 0 saturated carbocycles. The van der Waals surface area contributed by atoms with Crippen LogP contribution in [0.1, 0.15) is 30.5 Å². The lowest BCUT2D eigenvalue weighted by molar-refractivity contribution is -0.274. The van der Waals surface area contributed by atoms with Crippen LogP contribution in [0.5, 0.6) is 11.5 Å². The van der Waals surface area contributed by atoms with Crippen molar-refractivity contribution in [2.75, 3.05) is 6.61 Å². The van der Waals surface area contributed by atoms with Crippen LogP contribution in [-0.2, 0) is 11.3 Å². The number of likely N-dealkylation sites (tertiary alicyclic amines) is 1. The zero-order chi connectivity index (χ0) is 21.2. The fourth-order valence-corrected chi connectivity index (χ4v) is 3.36. The van der Waals surface area contributed by atoms with Crippen molar-refractivity contribution in [3.8, 4) is 11.5 Å². The smallest absolute Gasteiger partial charge is 0.493 e. The predicted octanol–water partition coefficient (Wildman–Crippen LogP) is 3.96. The third-order valence-corrected chi connectivity index (χ3v) is 4.55. The van der Waals surface area contributed by atoms with Gasteiger partial charge in [-0.25, -0.2) is 4.39 Å². The molecule has 1 N–H and O–H groups in total. The first-order chi connectivity index (χ1) is 13.7. The standard InChI is InChI=1S/C20H19F4NO4/c1-2-28-17-5-3-4-14(21)18(17)15-10-16(26)19(27)25(15)11-12-6-8-13(9-7-12)29-20(22,23)24/h3-9,15-16,26H,2,10-11H2,1H3. The fourth-order valence-electron chi connectivity index (χ4n) is 3.36. The number of halogens is 4. The van der Waals surface area contributed by atoms with Crippen molar-refractivity contribution in [3.05, 3.63) is 59.4 Å². The maximum atomic E-state index is 14.6. The monoisotopic (exact) mass is 413 g/mol. The highest BCUT2D eigenvalue weighted by molar-refractivity contribution is 5.83. The molecule has 1 saturated heterocycles. The molecule has 3 rings (SSSR count). The van der Waals surface area contributed by atoms with Crippen molar-refractivity contribution in [2.24, 2.45) is 0 Å². The summed E-state index contributed by atoms with van der Waals surface area (Å²) in [5.74, 6) is -1.27. The van der Waals surface area contributed by atoms with Crippen molar-refractivity contribution < 1.29 is 36.9 Å². The Hall–Kier alpha value is -2.81. The van der Waals surface area contributed by atoms with E-state index in [1.807, 2.05) is 0 Å². The highest BCUT2D eigenvalue weighted by Crippen LogP contribution is 2.40. The average molecular weight is 413 g/mol. The molecule has 0 spiro atoms. The van der Waals surface area contributed by atoms with Crippen LogP contribution >= 0.6 is 0 Å². The third-order valence-electron chi connectivity index (χ3n) is 4.55. The van der Waals surface area contributed by atoms with Crippen LogP contribution in [0.2, 0.25) is 0 Å². The van der Waals surface area contributed by atoms with E-state index < -0.39 is 36.0 Å². The Labute approximate surface area is 164 Å². The summed E-state index contributed by atoms with van der Waals surface area (Å²) in [5.41, 5.74) is 0.664. The zero-order valence-corrected chi connectivity index (χ0v) is 15.4. The van der Waals surface area contributed by atoms with Crippen molar-refractivity contribution >= 4 is 5.91 Å². The van der Waals surface area contributed by atoms with E-state index in [9.17, 15) is 27.5 Å². The van der Waals surface area contributed by atoms with E-state index in [0.717, 1.165) is 12.1 Å². The topological polar surface area (TPSA) is 59.0 Å². The van der Waals surface area contributed by atoms with Crippen LogP contribution in [0.15, 0.2) is 42.5 Å². The van der Waals surface area contributed by atoms with E-state index in [1.54, 1.807) is 13.0 Å². The molecule has 2 aromatic carbocycles. The van der Waals surface area contributed by atoms with Crippen LogP contribution in [0.4, 0.5) is 17.6 Å². The van der Waals surface area contributed by atoms with Gasteiger partial charge in [-0.2, -0.15) is 0 Å². The highest BCUT2D eigenvalue weighted by atomic mass is 19.4. The first kappa shape index (κ1) is 20.9. The SMILES string of the molecule is CCOc1cccc(F)c1C1CC(O)C(=O)N1Cc1ccc(OC(F)(F)F)cc1. The number of carbonyl (C=O) groups excluding carboxylic acids is 1. The summed E-state index contributed by atoms with van der Waals surface area (Å²) < 4.78 is 60.8. The van der Waals surface area contributed by atoms with Gasteiger partial charge in [-0.3, -0.25) is 4.79 Å². The molecule has 1 amide bonds. The second-order valence-electron chi connectivity index (χ2n) is 6.51. The number of aliphatic hydroxyl groups excluding tert-OH is 1. The average Bonchev–Trinajstić information content (AvgIpc) is 2.91. The van der Waals surface area contributed by atoms with E-state index in [0.29, 0.717) is 12.2 Å². The van der Waals surface area contributed by atoms with Gasteiger partial charge in [-0.15, -0.1) is 13.2 Å². The second-order valence-corrected chi connectivity index (χ2v) is 6.51. The predicted molar refractivity (Wildman–Crippen MR) is 94.6 cm³/mol. The number of amides is 1. The van der Waals surface area contributed by atoms with Gasteiger partial charge in [-0.1, -0.05) is 18.2 Å². The lowest BCUT2D eigenvalue weighted by Crippen LogP contribution is -2.31. The van der Waals surface area contributed by atoms with Crippen LogP contribution in [0.25, 0.3) is 0 Å². The molecule has 0 bridgehead atoms. The first-order valence-corrected chi connectivity index (χ1v) is 8.94. The zero-order valence-electron chi connectivity index (χ0n) is 15.4. The minimum Gasteiger partial charge on any atom is -0.493 e. The molecule has 9 heteroatoms. The molecule has 1 aliphatic heterocycles. The number of aliphatic hydroxyl groups is 1. The molecule has 0 aliphatic carbocycles. The summed E-state index contributed by atoms with van der Waals surface area (Å²) in [5, 5.41) is 10.1. The van der Waals surface area contributed by atoms with Crippen LogP contribution in [0, 0.1) is 5.82 Å². The molecule has 156 valence electrons. The molecule has 5 nitrogen and oxygen atoms in total. The Balaban J connectivity index is 1.87. The number of carbonyl (C=O) groups is 1. The molecule has 2 unspecified atom stereocenters. The molecule has 1 heterocycles. The molecular formula is C20H19F4NO4.